The predicted molar refractivity (Wildman–Crippen MR) is 122 cm³/mol. The number of anilines is 1. The Labute approximate surface area is 186 Å². The van der Waals surface area contributed by atoms with Crippen LogP contribution in [0, 0.1) is 12.7 Å². The number of quaternary nitrogens is 1. The number of benzene rings is 2. The summed E-state index contributed by atoms with van der Waals surface area (Å²) in [5, 5.41) is 5.33. The van der Waals surface area contributed by atoms with Gasteiger partial charge in [-0.2, -0.15) is 0 Å². The van der Waals surface area contributed by atoms with Gasteiger partial charge in [0, 0.05) is 11.9 Å². The van der Waals surface area contributed by atoms with Crippen molar-refractivity contribution in [3.8, 4) is 11.4 Å². The zero-order valence-corrected chi connectivity index (χ0v) is 18.4. The predicted octanol–water partition coefficient (Wildman–Crippen LogP) is 3.12. The first kappa shape index (κ1) is 21.6. The zero-order chi connectivity index (χ0) is 22.5. The van der Waals surface area contributed by atoms with Crippen LogP contribution < -0.4 is 15.4 Å². The minimum atomic E-state index is -0.265. The van der Waals surface area contributed by atoms with E-state index in [1.54, 1.807) is 25.6 Å². The van der Waals surface area contributed by atoms with Crippen LogP contribution in [0.2, 0.25) is 0 Å². The smallest absolute Gasteiger partial charge is 0.264 e. The number of nitrogens with two attached hydrogens (primary N) is 1. The topological polar surface area (TPSA) is 77.3 Å². The lowest BCUT2D eigenvalue weighted by atomic mass is 10.1. The SMILES string of the molecule is COc1cc(/C=C2\OCC[NH2+]\C2=N/C(C)Nc2ccc(F)cc2)ccc1-n1cnc(C)c1. The second kappa shape index (κ2) is 9.65. The molecule has 4 rings (SSSR count). The number of aliphatic imine (C=N–C) groups is 1. The molecule has 0 radical (unpaired) electrons. The molecule has 0 saturated carbocycles. The molecular formula is C24H27FN5O2+. The largest absolute Gasteiger partial charge is 0.495 e. The van der Waals surface area contributed by atoms with Crippen molar-refractivity contribution in [1.82, 2.24) is 9.55 Å². The molecule has 1 fully saturated rings. The number of halogens is 1. The third-order valence-electron chi connectivity index (χ3n) is 5.01. The van der Waals surface area contributed by atoms with Gasteiger partial charge in [0.25, 0.3) is 5.84 Å². The summed E-state index contributed by atoms with van der Waals surface area (Å²) in [6.45, 7) is 5.29. The van der Waals surface area contributed by atoms with E-state index in [1.807, 2.05) is 48.9 Å². The van der Waals surface area contributed by atoms with Gasteiger partial charge in [-0.25, -0.2) is 14.4 Å². The minimum Gasteiger partial charge on any atom is -0.495 e. The summed E-state index contributed by atoms with van der Waals surface area (Å²) in [7, 11) is 1.65. The number of nitrogens with zero attached hydrogens (tertiary/aromatic N) is 3. The highest BCUT2D eigenvalue weighted by atomic mass is 19.1. The normalized spacial score (nSPS) is 17.2. The van der Waals surface area contributed by atoms with Crippen molar-refractivity contribution in [2.45, 2.75) is 20.0 Å². The number of imidazole rings is 1. The molecule has 1 saturated heterocycles. The fourth-order valence-corrected chi connectivity index (χ4v) is 3.50. The van der Waals surface area contributed by atoms with Crippen molar-refractivity contribution in [1.29, 1.82) is 0 Å². The van der Waals surface area contributed by atoms with Crippen LogP contribution in [-0.2, 0) is 4.74 Å². The molecule has 2 aromatic carbocycles. The van der Waals surface area contributed by atoms with E-state index < -0.39 is 0 Å². The van der Waals surface area contributed by atoms with Crippen LogP contribution in [0.3, 0.4) is 0 Å². The Hall–Kier alpha value is -3.65. The summed E-state index contributed by atoms with van der Waals surface area (Å²) < 4.78 is 26.6. The van der Waals surface area contributed by atoms with Crippen molar-refractivity contribution in [2.24, 2.45) is 4.99 Å². The van der Waals surface area contributed by atoms with Gasteiger partial charge >= 0.3 is 0 Å². The van der Waals surface area contributed by atoms with Gasteiger partial charge in [-0.15, -0.1) is 0 Å². The first-order valence-electron chi connectivity index (χ1n) is 10.5. The average molecular weight is 437 g/mol. The van der Waals surface area contributed by atoms with Crippen LogP contribution in [0.15, 0.2) is 65.7 Å². The van der Waals surface area contributed by atoms with Gasteiger partial charge in [-0.3, -0.25) is 5.32 Å². The molecule has 0 aliphatic carbocycles. The highest BCUT2D eigenvalue weighted by Gasteiger charge is 2.20. The Morgan fingerprint density at radius 1 is 1.28 bits per heavy atom. The maximum absolute atomic E-state index is 13.1. The van der Waals surface area contributed by atoms with Crippen molar-refractivity contribution >= 4 is 17.6 Å². The second-order valence-electron chi connectivity index (χ2n) is 7.54. The maximum atomic E-state index is 13.1. The van der Waals surface area contributed by atoms with Gasteiger partial charge in [0.15, 0.2) is 0 Å². The molecule has 0 spiro atoms. The van der Waals surface area contributed by atoms with Crippen LogP contribution in [0.4, 0.5) is 10.1 Å². The number of hydrogen-bond acceptors (Lipinski definition) is 5. The lowest BCUT2D eigenvalue weighted by Crippen LogP contribution is -2.91. The molecule has 7 nitrogen and oxygen atoms in total. The van der Waals surface area contributed by atoms with E-state index in [-0.39, 0.29) is 12.0 Å². The van der Waals surface area contributed by atoms with Crippen LogP contribution in [0.1, 0.15) is 18.2 Å². The Kier molecular flexibility index (Phi) is 6.51. The molecule has 1 aliphatic rings. The Morgan fingerprint density at radius 3 is 2.81 bits per heavy atom. The zero-order valence-electron chi connectivity index (χ0n) is 18.4. The molecule has 3 N–H and O–H groups in total. The van der Waals surface area contributed by atoms with Crippen LogP contribution in [0.25, 0.3) is 11.8 Å². The number of nitrogens with one attached hydrogen (secondary N) is 1. The summed E-state index contributed by atoms with van der Waals surface area (Å²) in [6.07, 6.45) is 5.48. The first-order chi connectivity index (χ1) is 15.5. The van der Waals surface area contributed by atoms with Gasteiger partial charge in [-0.05, 0) is 61.9 Å². The summed E-state index contributed by atoms with van der Waals surface area (Å²) in [5.74, 6) is 1.96. The van der Waals surface area contributed by atoms with E-state index in [4.69, 9.17) is 14.5 Å². The third kappa shape index (κ3) is 5.15. The molecule has 1 aromatic heterocycles. The first-order valence-corrected chi connectivity index (χ1v) is 10.5. The van der Waals surface area contributed by atoms with Crippen molar-refractivity contribution in [3.63, 3.8) is 0 Å². The molecule has 1 atom stereocenters. The average Bonchev–Trinajstić information content (AvgIpc) is 3.22. The number of amidine groups is 1. The van der Waals surface area contributed by atoms with E-state index in [9.17, 15) is 4.39 Å². The highest BCUT2D eigenvalue weighted by Crippen LogP contribution is 2.26. The lowest BCUT2D eigenvalue weighted by Gasteiger charge is -2.19. The van der Waals surface area contributed by atoms with E-state index in [0.717, 1.165) is 40.8 Å². The monoisotopic (exact) mass is 436 g/mol. The molecule has 166 valence electrons. The van der Waals surface area contributed by atoms with Gasteiger partial charge in [-0.1, -0.05) is 6.07 Å². The number of ether oxygens (including phenoxy) is 2. The number of aryl methyl sites for hydroxylation is 1. The molecule has 1 unspecified atom stereocenters. The van der Waals surface area contributed by atoms with Crippen LogP contribution >= 0.6 is 0 Å². The summed E-state index contributed by atoms with van der Waals surface area (Å²) in [4.78, 5) is 9.05. The lowest BCUT2D eigenvalue weighted by molar-refractivity contribution is -0.550. The summed E-state index contributed by atoms with van der Waals surface area (Å²) in [5.41, 5.74) is 3.60. The number of methoxy groups -OCH3 is 1. The standard InChI is InChI=1S/C24H26FN5O2/c1-16-14-30(15-27-16)21-9-4-18(12-22(21)31-3)13-23-24(26-10-11-32-23)29-17(2)28-20-7-5-19(25)6-8-20/h4-9,12-15,17,28H,10-11H2,1-3H3,(H,26,29)/p+1/b23-13-. The molecule has 0 amide bonds. The van der Waals surface area contributed by atoms with E-state index >= 15 is 0 Å². The maximum Gasteiger partial charge on any atom is 0.264 e. The second-order valence-corrected chi connectivity index (χ2v) is 7.54. The molecule has 8 heteroatoms. The van der Waals surface area contributed by atoms with Crippen molar-refractivity contribution < 1.29 is 19.2 Å². The fourth-order valence-electron chi connectivity index (χ4n) is 3.50. The molecule has 3 aromatic rings. The third-order valence-corrected chi connectivity index (χ3v) is 5.01. The van der Waals surface area contributed by atoms with Crippen molar-refractivity contribution in [2.75, 3.05) is 25.6 Å². The van der Waals surface area contributed by atoms with Crippen LogP contribution in [-0.4, -0.2) is 41.8 Å². The van der Waals surface area contributed by atoms with Gasteiger partial charge < -0.3 is 19.4 Å². The number of morpholine rings is 1. The van der Waals surface area contributed by atoms with E-state index in [0.29, 0.717) is 12.4 Å². The molecule has 32 heavy (non-hydrogen) atoms. The molecule has 1 aliphatic heterocycles. The molecule has 2 heterocycles. The Bertz CT molecular complexity index is 1140. The number of rotatable bonds is 6. The van der Waals surface area contributed by atoms with E-state index in [2.05, 4.69) is 15.6 Å². The van der Waals surface area contributed by atoms with Crippen molar-refractivity contribution in [3.05, 3.63) is 77.8 Å². The minimum absolute atomic E-state index is 0.210. The fraction of sp³-hybridized carbons (Fsp3) is 0.250. The summed E-state index contributed by atoms with van der Waals surface area (Å²) >= 11 is 0. The quantitative estimate of drug-likeness (QED) is 0.623. The molecule has 0 bridgehead atoms. The number of aromatic nitrogens is 2. The molecular weight excluding hydrogens is 409 g/mol. The summed E-state index contributed by atoms with van der Waals surface area (Å²) in [6, 6.07) is 12.2. The van der Waals surface area contributed by atoms with Gasteiger partial charge in [0.05, 0.1) is 24.8 Å². The Balaban J connectivity index is 1.57. The van der Waals surface area contributed by atoms with Crippen LogP contribution in [0.5, 0.6) is 5.75 Å². The van der Waals surface area contributed by atoms with Gasteiger partial charge in [0.1, 0.15) is 30.9 Å². The Morgan fingerprint density at radius 2 is 2.09 bits per heavy atom. The van der Waals surface area contributed by atoms with Gasteiger partial charge in [0.2, 0.25) is 5.76 Å². The highest BCUT2D eigenvalue weighted by molar-refractivity contribution is 5.94. The van der Waals surface area contributed by atoms with E-state index in [1.165, 1.54) is 12.1 Å². The number of hydrogen-bond donors (Lipinski definition) is 2.